The van der Waals surface area contributed by atoms with E-state index in [1.54, 1.807) is 11.0 Å². The Kier molecular flexibility index (Phi) is 4.92. The van der Waals surface area contributed by atoms with E-state index in [-0.39, 0.29) is 12.5 Å². The fourth-order valence-electron chi connectivity index (χ4n) is 1.89. The van der Waals surface area contributed by atoms with Gasteiger partial charge in [-0.05, 0) is 25.1 Å². The van der Waals surface area contributed by atoms with E-state index in [0.717, 1.165) is 15.7 Å². The van der Waals surface area contributed by atoms with Crippen LogP contribution in [0.4, 0.5) is 0 Å². The lowest BCUT2D eigenvalue weighted by molar-refractivity contribution is 0.0726. The average Bonchev–Trinajstić information content (AvgIpc) is 2.94. The van der Waals surface area contributed by atoms with Gasteiger partial charge >= 0.3 is 0 Å². The van der Waals surface area contributed by atoms with Gasteiger partial charge in [0.15, 0.2) is 0 Å². The summed E-state index contributed by atoms with van der Waals surface area (Å²) in [4.78, 5) is 13.8. The number of aromatic nitrogens is 2. The van der Waals surface area contributed by atoms with E-state index in [0.29, 0.717) is 18.8 Å². The largest absolute Gasteiger partial charge is 0.395 e. The molecule has 2 rings (SSSR count). The van der Waals surface area contributed by atoms with Crippen molar-refractivity contribution in [2.75, 3.05) is 19.7 Å². The molecule has 0 spiro atoms. The lowest BCUT2D eigenvalue weighted by Crippen LogP contribution is -2.33. The molecular formula is C14H16BrN3O2. The normalized spacial score (nSPS) is 10.6. The fraction of sp³-hybridized carbons (Fsp3) is 0.286. The summed E-state index contributed by atoms with van der Waals surface area (Å²) in [5.74, 6) is -0.155. The van der Waals surface area contributed by atoms with Gasteiger partial charge in [0.2, 0.25) is 0 Å². The second kappa shape index (κ2) is 6.67. The van der Waals surface area contributed by atoms with Crippen LogP contribution in [0.5, 0.6) is 0 Å². The molecule has 5 nitrogen and oxygen atoms in total. The maximum atomic E-state index is 12.2. The maximum Gasteiger partial charge on any atom is 0.271 e. The number of hydrogen-bond acceptors (Lipinski definition) is 3. The summed E-state index contributed by atoms with van der Waals surface area (Å²) in [6.07, 6.45) is 0. The highest BCUT2D eigenvalue weighted by atomic mass is 79.9. The molecule has 1 aromatic carbocycles. The number of carbonyl (C=O) groups is 1. The monoisotopic (exact) mass is 337 g/mol. The molecule has 0 atom stereocenters. The Morgan fingerprint density at radius 3 is 2.70 bits per heavy atom. The van der Waals surface area contributed by atoms with Gasteiger partial charge in [0.25, 0.3) is 5.91 Å². The van der Waals surface area contributed by atoms with Crippen molar-refractivity contribution in [3.8, 4) is 11.3 Å². The number of aromatic amines is 1. The van der Waals surface area contributed by atoms with E-state index >= 15 is 0 Å². The number of rotatable bonds is 5. The minimum Gasteiger partial charge on any atom is -0.395 e. The van der Waals surface area contributed by atoms with Gasteiger partial charge in [-0.2, -0.15) is 5.10 Å². The molecule has 6 heteroatoms. The number of likely N-dealkylation sites (N-methyl/N-ethyl adjacent to an activating group) is 1. The Morgan fingerprint density at radius 2 is 2.10 bits per heavy atom. The third-order valence-electron chi connectivity index (χ3n) is 2.99. The Hall–Kier alpha value is -1.66. The zero-order valence-electron chi connectivity index (χ0n) is 11.1. The van der Waals surface area contributed by atoms with E-state index in [1.165, 1.54) is 0 Å². The summed E-state index contributed by atoms with van der Waals surface area (Å²) in [6.45, 7) is 2.70. The Bertz CT molecular complexity index is 580. The van der Waals surface area contributed by atoms with Crippen LogP contribution in [0.1, 0.15) is 17.4 Å². The second-order valence-corrected chi connectivity index (χ2v) is 5.20. The molecule has 0 aliphatic heterocycles. The molecule has 1 amide bonds. The van der Waals surface area contributed by atoms with E-state index < -0.39 is 0 Å². The van der Waals surface area contributed by atoms with Gasteiger partial charge in [-0.1, -0.05) is 28.1 Å². The zero-order valence-corrected chi connectivity index (χ0v) is 12.7. The summed E-state index contributed by atoms with van der Waals surface area (Å²) < 4.78 is 0.994. The molecule has 0 aliphatic rings. The van der Waals surface area contributed by atoms with Gasteiger partial charge in [-0.25, -0.2) is 0 Å². The van der Waals surface area contributed by atoms with Crippen LogP contribution in [0.3, 0.4) is 0 Å². The molecular weight excluding hydrogens is 322 g/mol. The topological polar surface area (TPSA) is 69.2 Å². The van der Waals surface area contributed by atoms with Gasteiger partial charge in [-0.3, -0.25) is 9.89 Å². The number of aliphatic hydroxyl groups excluding tert-OH is 1. The third-order valence-corrected chi connectivity index (χ3v) is 3.52. The molecule has 0 unspecified atom stereocenters. The summed E-state index contributed by atoms with van der Waals surface area (Å²) in [5.41, 5.74) is 2.09. The van der Waals surface area contributed by atoms with Crippen LogP contribution in [-0.4, -0.2) is 45.8 Å². The second-order valence-electron chi connectivity index (χ2n) is 4.28. The van der Waals surface area contributed by atoms with Crippen molar-refractivity contribution in [1.82, 2.24) is 15.1 Å². The quantitative estimate of drug-likeness (QED) is 0.879. The first kappa shape index (κ1) is 14.7. The van der Waals surface area contributed by atoms with Crippen LogP contribution in [0, 0.1) is 0 Å². The number of carbonyl (C=O) groups excluding carboxylic acids is 1. The number of amides is 1. The predicted molar refractivity (Wildman–Crippen MR) is 80.4 cm³/mol. The number of H-pyrrole nitrogens is 1. The van der Waals surface area contributed by atoms with Gasteiger partial charge < -0.3 is 10.0 Å². The molecule has 1 aromatic heterocycles. The molecule has 1 heterocycles. The first-order valence-corrected chi connectivity index (χ1v) is 7.16. The van der Waals surface area contributed by atoms with Crippen molar-refractivity contribution in [2.24, 2.45) is 0 Å². The number of halogens is 1. The van der Waals surface area contributed by atoms with Gasteiger partial charge in [0.1, 0.15) is 5.69 Å². The first-order chi connectivity index (χ1) is 9.65. The first-order valence-electron chi connectivity index (χ1n) is 6.37. The maximum absolute atomic E-state index is 12.2. The van der Waals surface area contributed by atoms with Crippen LogP contribution in [-0.2, 0) is 0 Å². The van der Waals surface area contributed by atoms with Crippen molar-refractivity contribution in [3.63, 3.8) is 0 Å². The number of benzene rings is 1. The molecule has 20 heavy (non-hydrogen) atoms. The molecule has 0 saturated carbocycles. The minimum absolute atomic E-state index is 0.0483. The molecule has 0 aliphatic carbocycles. The van der Waals surface area contributed by atoms with Gasteiger partial charge in [-0.15, -0.1) is 0 Å². The predicted octanol–water partition coefficient (Wildman–Crippen LogP) is 2.29. The number of hydrogen-bond donors (Lipinski definition) is 2. The molecule has 0 bridgehead atoms. The molecule has 0 fully saturated rings. The fourth-order valence-corrected chi connectivity index (χ4v) is 2.16. The lowest BCUT2D eigenvalue weighted by Gasteiger charge is -2.18. The smallest absolute Gasteiger partial charge is 0.271 e. The molecule has 0 radical (unpaired) electrons. The molecule has 2 N–H and O–H groups in total. The van der Waals surface area contributed by atoms with Crippen LogP contribution < -0.4 is 0 Å². The highest BCUT2D eigenvalue weighted by molar-refractivity contribution is 9.10. The van der Waals surface area contributed by atoms with Crippen molar-refractivity contribution < 1.29 is 9.90 Å². The number of nitrogens with zero attached hydrogens (tertiary/aromatic N) is 2. The van der Waals surface area contributed by atoms with Crippen LogP contribution >= 0.6 is 15.9 Å². The van der Waals surface area contributed by atoms with Crippen LogP contribution in [0.2, 0.25) is 0 Å². The number of aliphatic hydroxyl groups is 1. The Morgan fingerprint density at radius 1 is 1.40 bits per heavy atom. The van der Waals surface area contributed by atoms with Crippen molar-refractivity contribution in [1.29, 1.82) is 0 Å². The zero-order chi connectivity index (χ0) is 14.5. The molecule has 0 saturated heterocycles. The summed E-state index contributed by atoms with van der Waals surface area (Å²) >= 11 is 3.38. The van der Waals surface area contributed by atoms with Crippen molar-refractivity contribution in [3.05, 3.63) is 40.5 Å². The minimum atomic E-state index is -0.155. The lowest BCUT2D eigenvalue weighted by atomic mass is 10.1. The van der Waals surface area contributed by atoms with E-state index in [9.17, 15) is 4.79 Å². The van der Waals surface area contributed by atoms with Crippen LogP contribution in [0.25, 0.3) is 11.3 Å². The van der Waals surface area contributed by atoms with Crippen molar-refractivity contribution >= 4 is 21.8 Å². The van der Waals surface area contributed by atoms with Crippen molar-refractivity contribution in [2.45, 2.75) is 6.92 Å². The average molecular weight is 338 g/mol. The SMILES string of the molecule is CCN(CCO)C(=O)c1cc(-c2ccc(Br)cc2)n[nH]1. The van der Waals surface area contributed by atoms with Gasteiger partial charge in [0, 0.05) is 23.1 Å². The Balaban J connectivity index is 2.20. The van der Waals surface area contributed by atoms with E-state index in [2.05, 4.69) is 26.1 Å². The number of nitrogens with one attached hydrogen (secondary N) is 1. The highest BCUT2D eigenvalue weighted by Gasteiger charge is 2.16. The van der Waals surface area contributed by atoms with E-state index in [1.807, 2.05) is 31.2 Å². The third kappa shape index (κ3) is 3.26. The summed E-state index contributed by atoms with van der Waals surface area (Å²) in [7, 11) is 0. The van der Waals surface area contributed by atoms with E-state index in [4.69, 9.17) is 5.11 Å². The molecule has 2 aromatic rings. The highest BCUT2D eigenvalue weighted by Crippen LogP contribution is 2.20. The molecule has 106 valence electrons. The standard InChI is InChI=1S/C14H16BrN3O2/c1-2-18(7-8-19)14(20)13-9-12(16-17-13)10-3-5-11(15)6-4-10/h3-6,9,19H,2,7-8H2,1H3,(H,16,17). The summed E-state index contributed by atoms with van der Waals surface area (Å²) in [5, 5.41) is 15.9. The Labute approximate surface area is 125 Å². The van der Waals surface area contributed by atoms with Gasteiger partial charge in [0.05, 0.1) is 12.3 Å². The summed E-state index contributed by atoms with van der Waals surface area (Å²) in [6, 6.07) is 9.44. The van der Waals surface area contributed by atoms with Crippen LogP contribution in [0.15, 0.2) is 34.8 Å².